The third-order valence-electron chi connectivity index (χ3n) is 5.03. The molecule has 2 fully saturated rings. The van der Waals surface area contributed by atoms with Gasteiger partial charge in [-0.1, -0.05) is 0 Å². The number of halogens is 2. The van der Waals surface area contributed by atoms with Gasteiger partial charge < -0.3 is 9.88 Å². The quantitative estimate of drug-likeness (QED) is 0.804. The number of hydrogen-bond acceptors (Lipinski definition) is 6. The lowest BCUT2D eigenvalue weighted by atomic mass is 10.1. The van der Waals surface area contributed by atoms with Gasteiger partial charge >= 0.3 is 0 Å². The van der Waals surface area contributed by atoms with Crippen molar-refractivity contribution < 1.29 is 17.2 Å². The zero-order valence-electron chi connectivity index (χ0n) is 14.1. The number of fused-ring (bicyclic) bond motifs is 1. The highest BCUT2D eigenvalue weighted by atomic mass is 32.2. The number of rotatable bonds is 5. The van der Waals surface area contributed by atoms with Gasteiger partial charge in [0.25, 0.3) is 15.9 Å². The summed E-state index contributed by atoms with van der Waals surface area (Å²) in [6.07, 6.45) is 5.11. The van der Waals surface area contributed by atoms with Gasteiger partial charge in [0, 0.05) is 31.1 Å². The zero-order chi connectivity index (χ0) is 18.7. The van der Waals surface area contributed by atoms with Gasteiger partial charge in [-0.15, -0.1) is 0 Å². The number of nitrogens with zero attached hydrogens (tertiary/aromatic N) is 4. The molecule has 2 saturated carbocycles. The van der Waals surface area contributed by atoms with E-state index in [1.54, 1.807) is 24.1 Å². The Morgan fingerprint density at radius 1 is 1.27 bits per heavy atom. The van der Waals surface area contributed by atoms with Crippen LogP contribution in [0.5, 0.6) is 0 Å². The number of aromatic nitrogens is 4. The lowest BCUT2D eigenvalue weighted by molar-refractivity contribution is 0.0710. The van der Waals surface area contributed by atoms with Crippen molar-refractivity contribution in [3.63, 3.8) is 0 Å². The molecular weight excluding hydrogens is 366 g/mol. The van der Waals surface area contributed by atoms with Crippen LogP contribution in [0.3, 0.4) is 0 Å². The van der Waals surface area contributed by atoms with Crippen LogP contribution in [0.1, 0.15) is 12.8 Å². The van der Waals surface area contributed by atoms with Crippen molar-refractivity contribution >= 4 is 15.8 Å². The first-order valence-corrected chi connectivity index (χ1v) is 9.64. The molecule has 0 amide bonds. The van der Waals surface area contributed by atoms with E-state index in [0.29, 0.717) is 24.4 Å². The van der Waals surface area contributed by atoms with Crippen molar-refractivity contribution in [2.24, 2.45) is 18.9 Å². The molecule has 2 heterocycles. The van der Waals surface area contributed by atoms with E-state index in [0.717, 1.165) is 6.20 Å². The molecule has 0 saturated heterocycles. The maximum absolute atomic E-state index is 13.4. The third-order valence-corrected chi connectivity index (χ3v) is 6.31. The summed E-state index contributed by atoms with van der Waals surface area (Å²) in [4.78, 5) is 12.6. The van der Waals surface area contributed by atoms with Crippen molar-refractivity contribution in [1.82, 2.24) is 24.2 Å². The molecule has 2 aliphatic carbocycles. The molecule has 11 heteroatoms. The molecule has 26 heavy (non-hydrogen) atoms. The highest BCUT2D eigenvalue weighted by Crippen LogP contribution is 2.64. The van der Waals surface area contributed by atoms with Crippen molar-refractivity contribution in [2.75, 3.05) is 12.4 Å². The molecule has 0 bridgehead atoms. The smallest absolute Gasteiger partial charge is 0.259 e. The molecule has 0 aliphatic heterocycles. The number of nitrogens with one attached hydrogen (secondary N) is 2. The fourth-order valence-electron chi connectivity index (χ4n) is 3.55. The summed E-state index contributed by atoms with van der Waals surface area (Å²) in [6, 6.07) is -0.145. The summed E-state index contributed by atoms with van der Waals surface area (Å²) in [5.74, 6) is -3.35. The first-order chi connectivity index (χ1) is 12.2. The van der Waals surface area contributed by atoms with Gasteiger partial charge in [0.05, 0.1) is 12.5 Å². The summed E-state index contributed by atoms with van der Waals surface area (Å²) in [5, 5.41) is 2.91. The molecule has 0 radical (unpaired) electrons. The molecule has 3 atom stereocenters. The van der Waals surface area contributed by atoms with Crippen molar-refractivity contribution in [3.8, 4) is 11.4 Å². The Balaban J connectivity index is 1.66. The van der Waals surface area contributed by atoms with Gasteiger partial charge in [-0.2, -0.15) is 0 Å². The van der Waals surface area contributed by atoms with Gasteiger partial charge in [-0.3, -0.25) is 0 Å². The predicted octanol–water partition coefficient (Wildman–Crippen LogP) is 1.24. The molecule has 2 aromatic rings. The van der Waals surface area contributed by atoms with Gasteiger partial charge in [0.1, 0.15) is 11.4 Å². The van der Waals surface area contributed by atoms with E-state index < -0.39 is 27.8 Å². The summed E-state index contributed by atoms with van der Waals surface area (Å²) < 4.78 is 54.7. The second-order valence-corrected chi connectivity index (χ2v) is 8.57. The molecular formula is C15H18F2N6O2S. The Morgan fingerprint density at radius 3 is 2.54 bits per heavy atom. The summed E-state index contributed by atoms with van der Waals surface area (Å²) in [5.41, 5.74) is 0.721. The van der Waals surface area contributed by atoms with Crippen LogP contribution in [0.2, 0.25) is 0 Å². The molecule has 8 nitrogen and oxygen atoms in total. The van der Waals surface area contributed by atoms with E-state index in [1.165, 1.54) is 7.05 Å². The normalized spacial score (nSPS) is 26.5. The Labute approximate surface area is 149 Å². The minimum absolute atomic E-state index is 0.145. The van der Waals surface area contributed by atoms with Crippen LogP contribution in [0.25, 0.3) is 11.4 Å². The molecule has 140 valence electrons. The first-order valence-electron chi connectivity index (χ1n) is 8.15. The summed E-state index contributed by atoms with van der Waals surface area (Å²) in [7, 11) is -0.706. The second-order valence-electron chi connectivity index (χ2n) is 6.74. The van der Waals surface area contributed by atoms with Crippen molar-refractivity contribution in [3.05, 3.63) is 18.7 Å². The average Bonchev–Trinajstić information content (AvgIpc) is 3.02. The maximum atomic E-state index is 13.4. The van der Waals surface area contributed by atoms with Gasteiger partial charge in [-0.25, -0.2) is 36.9 Å². The molecule has 4 rings (SSSR count). The van der Waals surface area contributed by atoms with E-state index in [4.69, 9.17) is 0 Å². The Kier molecular flexibility index (Phi) is 3.77. The van der Waals surface area contributed by atoms with E-state index in [2.05, 4.69) is 25.0 Å². The molecule has 2 aliphatic rings. The lowest BCUT2D eigenvalue weighted by Crippen LogP contribution is -2.24. The predicted molar refractivity (Wildman–Crippen MR) is 89.1 cm³/mol. The highest BCUT2D eigenvalue weighted by Gasteiger charge is 2.71. The second kappa shape index (κ2) is 5.68. The van der Waals surface area contributed by atoms with Crippen LogP contribution >= 0.6 is 0 Å². The first kappa shape index (κ1) is 17.3. The zero-order valence-corrected chi connectivity index (χ0v) is 15.0. The fourth-order valence-corrected chi connectivity index (χ4v) is 4.16. The molecule has 2 N–H and O–H groups in total. The van der Waals surface area contributed by atoms with E-state index in [9.17, 15) is 17.2 Å². The Morgan fingerprint density at radius 2 is 1.96 bits per heavy atom. The van der Waals surface area contributed by atoms with Crippen LogP contribution in [0.4, 0.5) is 14.6 Å². The number of alkyl halides is 2. The average molecular weight is 384 g/mol. The lowest BCUT2D eigenvalue weighted by Gasteiger charge is -2.18. The Hall–Kier alpha value is -2.14. The van der Waals surface area contributed by atoms with Crippen LogP contribution < -0.4 is 10.0 Å². The van der Waals surface area contributed by atoms with Crippen molar-refractivity contribution in [1.29, 1.82) is 0 Å². The van der Waals surface area contributed by atoms with E-state index in [-0.39, 0.29) is 16.8 Å². The number of sulfonamides is 1. The monoisotopic (exact) mass is 384 g/mol. The molecule has 0 aromatic carbocycles. The third kappa shape index (κ3) is 2.75. The standard InChI is InChI=1S/C15H18F2N6O2S/c1-18-26(24,25)12-5-19-14(13(22-12)11-6-23(2)7-20-11)21-8-3-9-10(4-8)15(9,16)17/h5-10,18H,3-4H2,1-2H3,(H,19,21)/t8?,9-,10+. The number of hydrogen-bond donors (Lipinski definition) is 2. The van der Waals surface area contributed by atoms with Gasteiger partial charge in [0.15, 0.2) is 10.8 Å². The number of imidazole rings is 1. The van der Waals surface area contributed by atoms with E-state index >= 15 is 0 Å². The molecule has 0 spiro atoms. The minimum atomic E-state index is -3.77. The van der Waals surface area contributed by atoms with E-state index in [1.807, 2.05) is 0 Å². The number of aryl methyl sites for hydroxylation is 1. The SMILES string of the molecule is CNS(=O)(=O)c1cnc(NC2C[C@@H]3[C@H](C2)C3(F)F)c(-c2cn(C)cn2)n1. The topological polar surface area (TPSA) is 102 Å². The molecule has 2 aromatic heterocycles. The van der Waals surface area contributed by atoms with Gasteiger partial charge in [-0.05, 0) is 19.9 Å². The van der Waals surface area contributed by atoms with Gasteiger partial charge in [0.2, 0.25) is 0 Å². The maximum Gasteiger partial charge on any atom is 0.259 e. The molecule has 1 unspecified atom stereocenters. The minimum Gasteiger partial charge on any atom is -0.365 e. The van der Waals surface area contributed by atoms with Crippen LogP contribution in [0.15, 0.2) is 23.7 Å². The highest BCUT2D eigenvalue weighted by molar-refractivity contribution is 7.89. The van der Waals surface area contributed by atoms with Crippen LogP contribution in [-0.4, -0.2) is 46.9 Å². The Bertz CT molecular complexity index is 947. The summed E-state index contributed by atoms with van der Waals surface area (Å²) in [6.45, 7) is 0. The summed E-state index contributed by atoms with van der Waals surface area (Å²) >= 11 is 0. The number of anilines is 1. The fraction of sp³-hybridized carbons (Fsp3) is 0.533. The van der Waals surface area contributed by atoms with Crippen LogP contribution in [0, 0.1) is 11.8 Å². The van der Waals surface area contributed by atoms with Crippen LogP contribution in [-0.2, 0) is 17.1 Å². The largest absolute Gasteiger partial charge is 0.365 e. The van der Waals surface area contributed by atoms with Crippen molar-refractivity contribution in [2.45, 2.75) is 29.8 Å².